The molecule has 1 atom stereocenters. The van der Waals surface area contributed by atoms with Crippen LogP contribution in [0.2, 0.25) is 0 Å². The van der Waals surface area contributed by atoms with E-state index in [9.17, 15) is 19.5 Å². The van der Waals surface area contributed by atoms with Gasteiger partial charge < -0.3 is 31.5 Å². The van der Waals surface area contributed by atoms with Crippen LogP contribution in [0.4, 0.5) is 11.9 Å². The van der Waals surface area contributed by atoms with Crippen LogP contribution in [0.25, 0.3) is 44.1 Å². The summed E-state index contributed by atoms with van der Waals surface area (Å²) in [4.78, 5) is 61.8. The van der Waals surface area contributed by atoms with Crippen LogP contribution < -0.4 is 11.5 Å². The Morgan fingerprint density at radius 2 is 1.04 bits per heavy atom. The molecule has 0 radical (unpaired) electrons. The van der Waals surface area contributed by atoms with Gasteiger partial charge in [-0.05, 0) is 112 Å². The van der Waals surface area contributed by atoms with Gasteiger partial charge in [0, 0.05) is 61.7 Å². The van der Waals surface area contributed by atoms with Crippen LogP contribution in [0, 0.1) is 5.92 Å². The number of hydrogen-bond donors (Lipinski definition) is 4. The number of carbonyl (C=O) groups is 3. The van der Waals surface area contributed by atoms with Crippen molar-refractivity contribution in [1.29, 1.82) is 0 Å². The number of nitrogen functional groups attached to an aromatic ring is 2. The van der Waals surface area contributed by atoms with Crippen LogP contribution in [-0.4, -0.2) is 88.7 Å². The fourth-order valence-electron chi connectivity index (χ4n) is 10.7. The van der Waals surface area contributed by atoms with Crippen LogP contribution in [0.15, 0.2) is 133 Å². The number of likely N-dealkylation sites (tertiary alicyclic amines) is 1. The van der Waals surface area contributed by atoms with Crippen molar-refractivity contribution in [2.24, 2.45) is 5.92 Å². The summed E-state index contributed by atoms with van der Waals surface area (Å²) in [5, 5.41) is 19.7. The van der Waals surface area contributed by atoms with Gasteiger partial charge in [0.05, 0.1) is 17.6 Å². The van der Waals surface area contributed by atoms with Crippen LogP contribution in [0.5, 0.6) is 0 Å². The van der Waals surface area contributed by atoms with Crippen molar-refractivity contribution in [3.05, 3.63) is 178 Å². The van der Waals surface area contributed by atoms with Crippen LogP contribution in [0.1, 0.15) is 97.7 Å². The van der Waals surface area contributed by atoms with Gasteiger partial charge in [0.2, 0.25) is 11.9 Å². The lowest BCUT2D eigenvalue weighted by Gasteiger charge is -2.24. The number of rotatable bonds is 9. The van der Waals surface area contributed by atoms with Crippen LogP contribution >= 0.6 is 0 Å². The van der Waals surface area contributed by atoms with Gasteiger partial charge in [-0.2, -0.15) is 0 Å². The molecule has 3 aliphatic heterocycles. The first-order chi connectivity index (χ1) is 35.7. The first-order valence-electron chi connectivity index (χ1n) is 25.1. The average Bonchev–Trinajstić information content (AvgIpc) is 4.28. The Morgan fingerprint density at radius 1 is 0.562 bits per heavy atom. The molecular weight excluding hydrogens is 915 g/mol. The minimum absolute atomic E-state index is 0.0589. The zero-order valence-corrected chi connectivity index (χ0v) is 40.7. The number of nitrogens with zero attached hydrogens (tertiary/aromatic N) is 7. The van der Waals surface area contributed by atoms with Crippen molar-refractivity contribution in [3.63, 3.8) is 0 Å². The van der Waals surface area contributed by atoms with Crippen molar-refractivity contribution in [2.45, 2.75) is 77.3 Å². The summed E-state index contributed by atoms with van der Waals surface area (Å²) in [6, 6.07) is 43.5. The summed E-state index contributed by atoms with van der Waals surface area (Å²) in [7, 11) is 0. The van der Waals surface area contributed by atoms with E-state index in [0.29, 0.717) is 71.8 Å². The van der Waals surface area contributed by atoms with E-state index in [2.05, 4.69) is 49.1 Å². The Morgan fingerprint density at radius 3 is 1.53 bits per heavy atom. The normalized spacial score (nSPS) is 16.2. The van der Waals surface area contributed by atoms with E-state index in [1.807, 2.05) is 102 Å². The molecular formula is C59H59N9O5. The Labute approximate surface area is 424 Å². The fraction of sp³-hybridized carbons (Fsp3) is 0.271. The van der Waals surface area contributed by atoms with E-state index in [0.717, 1.165) is 76.7 Å². The van der Waals surface area contributed by atoms with Crippen molar-refractivity contribution in [2.75, 3.05) is 31.2 Å². The molecule has 2 fully saturated rings. The van der Waals surface area contributed by atoms with E-state index >= 15 is 0 Å². The zero-order valence-electron chi connectivity index (χ0n) is 40.7. The number of aliphatic hydroxyl groups is 2. The summed E-state index contributed by atoms with van der Waals surface area (Å²) in [6.07, 6.45) is 8.16. The lowest BCUT2D eigenvalue weighted by molar-refractivity contribution is 0.0741. The number of carbonyl (C=O) groups excluding carboxylic acids is 3. The Balaban J connectivity index is 0.000000149. The number of hydrogen-bond acceptors (Lipinski definition) is 12. The number of aromatic nitrogens is 4. The molecule has 0 spiro atoms. The molecule has 0 bridgehead atoms. The number of amides is 2. The molecule has 1 aliphatic carbocycles. The van der Waals surface area contributed by atoms with Crippen molar-refractivity contribution in [1.82, 2.24) is 34.6 Å². The van der Waals surface area contributed by atoms with Gasteiger partial charge in [-0.3, -0.25) is 19.3 Å². The molecule has 14 nitrogen and oxygen atoms in total. The molecule has 370 valence electrons. The van der Waals surface area contributed by atoms with Gasteiger partial charge in [-0.1, -0.05) is 122 Å². The molecule has 6 N–H and O–H groups in total. The van der Waals surface area contributed by atoms with Gasteiger partial charge in [0.1, 0.15) is 11.4 Å². The van der Waals surface area contributed by atoms with Crippen molar-refractivity contribution < 1.29 is 24.6 Å². The number of fused-ring (bicyclic) bond motifs is 4. The predicted molar refractivity (Wildman–Crippen MR) is 284 cm³/mol. The van der Waals surface area contributed by atoms with Crippen molar-refractivity contribution >= 4 is 51.8 Å². The summed E-state index contributed by atoms with van der Waals surface area (Å²) >= 11 is 0. The smallest absolute Gasteiger partial charge is 0.273 e. The molecule has 1 saturated heterocycles. The second-order valence-corrected chi connectivity index (χ2v) is 19.3. The summed E-state index contributed by atoms with van der Waals surface area (Å²) in [6.45, 7) is 4.55. The molecule has 14 heteroatoms. The molecule has 2 amide bonds. The van der Waals surface area contributed by atoms with E-state index in [1.165, 1.54) is 31.2 Å². The Bertz CT molecular complexity index is 3290. The number of aliphatic hydroxyl groups excluding tert-OH is 2. The van der Waals surface area contributed by atoms with Gasteiger partial charge in [-0.25, -0.2) is 19.9 Å². The molecule has 5 heterocycles. The van der Waals surface area contributed by atoms with Gasteiger partial charge >= 0.3 is 0 Å². The first kappa shape index (κ1) is 48.7. The SMILES string of the molecule is Nc1nc(C(=O)N2Cc3ccccc3C2)c2cc(-c3ccccc3C=O)ccc2n1.Nc1nc(C(=O)N2Cc3ccccc3C2)c2cc(-c3ccccc3CN3CCCC3CO)ccc2n1.OCC1CCCC1. The molecule has 12 rings (SSSR count). The monoisotopic (exact) mass is 973 g/mol. The highest BCUT2D eigenvalue weighted by molar-refractivity contribution is 6.07. The highest BCUT2D eigenvalue weighted by Crippen LogP contribution is 2.34. The summed E-state index contributed by atoms with van der Waals surface area (Å²) in [5.74, 6) is 0.480. The van der Waals surface area contributed by atoms with Gasteiger partial charge in [-0.15, -0.1) is 0 Å². The Hall–Kier alpha value is -7.91. The lowest BCUT2D eigenvalue weighted by atomic mass is 9.97. The van der Waals surface area contributed by atoms with Crippen LogP contribution in [-0.2, 0) is 32.7 Å². The molecule has 6 aromatic carbocycles. The van der Waals surface area contributed by atoms with E-state index in [4.69, 9.17) is 16.6 Å². The van der Waals surface area contributed by atoms with Gasteiger partial charge in [0.15, 0.2) is 6.29 Å². The lowest BCUT2D eigenvalue weighted by Crippen LogP contribution is -2.31. The second-order valence-electron chi connectivity index (χ2n) is 19.3. The van der Waals surface area contributed by atoms with Crippen molar-refractivity contribution in [3.8, 4) is 22.3 Å². The molecule has 1 saturated carbocycles. The number of benzene rings is 6. The largest absolute Gasteiger partial charge is 0.396 e. The first-order valence-corrected chi connectivity index (χ1v) is 25.1. The number of nitrogens with two attached hydrogens (primary N) is 2. The summed E-state index contributed by atoms with van der Waals surface area (Å²) < 4.78 is 0. The third kappa shape index (κ3) is 10.5. The number of anilines is 2. The fourth-order valence-corrected chi connectivity index (χ4v) is 10.7. The third-order valence-electron chi connectivity index (χ3n) is 14.6. The minimum atomic E-state index is -0.189. The van der Waals surface area contributed by atoms with Gasteiger partial charge in [0.25, 0.3) is 11.8 Å². The molecule has 4 aliphatic rings. The maximum atomic E-state index is 13.6. The number of aldehydes is 1. The quantitative estimate of drug-likeness (QED) is 0.100. The minimum Gasteiger partial charge on any atom is -0.396 e. The maximum absolute atomic E-state index is 13.6. The topological polar surface area (TPSA) is 205 Å². The predicted octanol–water partition coefficient (Wildman–Crippen LogP) is 9.01. The Kier molecular flexibility index (Phi) is 14.6. The van der Waals surface area contributed by atoms with E-state index < -0.39 is 0 Å². The third-order valence-corrected chi connectivity index (χ3v) is 14.6. The maximum Gasteiger partial charge on any atom is 0.273 e. The van der Waals surface area contributed by atoms with Crippen LogP contribution in [0.3, 0.4) is 0 Å². The second kappa shape index (κ2) is 21.8. The van der Waals surface area contributed by atoms with E-state index in [1.54, 1.807) is 17.0 Å². The standard InChI is InChI=1S/C29H29N5O2.C24H18N4O2.C6H12O/c30-29-31-26-12-11-19(24-10-4-3-8-22(24)17-33-13-5-9-23(33)18-35)14-25(26)27(32-29)28(36)34-15-20-6-1-2-7-21(20)16-34;25-24-26-21-10-9-15(19-8-4-3-7-18(19)14-29)11-20(21)22(27-24)23(30)28-12-16-5-1-2-6-17(16)13-28;7-5-6-3-1-2-4-6/h1-4,6-8,10-12,14,23,35H,5,9,13,15-18H2,(H2,30,31,32);1-11,14H,12-13H2,(H2,25,26,27);6-7H,1-5H2. The molecule has 73 heavy (non-hydrogen) atoms. The van der Waals surface area contributed by atoms with E-state index in [-0.39, 0.29) is 42.1 Å². The highest BCUT2D eigenvalue weighted by atomic mass is 16.3. The summed E-state index contributed by atoms with van der Waals surface area (Å²) in [5.41, 5.74) is 23.9. The molecule has 2 aromatic heterocycles. The zero-order chi connectivity index (χ0) is 50.4. The highest BCUT2D eigenvalue weighted by Gasteiger charge is 2.29. The average molecular weight is 974 g/mol. The molecule has 1 unspecified atom stereocenters. The molecule has 8 aromatic rings.